The number of likely N-dealkylation sites (tertiary alicyclic amines) is 1. The summed E-state index contributed by atoms with van der Waals surface area (Å²) in [6.07, 6.45) is 2.91. The summed E-state index contributed by atoms with van der Waals surface area (Å²) >= 11 is 3.38. The summed E-state index contributed by atoms with van der Waals surface area (Å²) in [7, 11) is 0. The number of nitrogens with zero attached hydrogens (tertiary/aromatic N) is 1. The Balaban J connectivity index is 2.15. The molecule has 78 valence electrons. The molecule has 0 bridgehead atoms. The van der Waals surface area contributed by atoms with Crippen LogP contribution in [0.4, 0.5) is 0 Å². The highest BCUT2D eigenvalue weighted by atomic mass is 79.9. The molecule has 0 spiro atoms. The molecule has 1 fully saturated rings. The standard InChI is InChI=1S/C10H20BrNO/c1-9(2)12-6-3-10(4-7-12)13-8-5-11/h9-10H,3-8H2,1-2H3. The molecule has 0 radical (unpaired) electrons. The Labute approximate surface area is 89.8 Å². The predicted molar refractivity (Wildman–Crippen MR) is 59.5 cm³/mol. The van der Waals surface area contributed by atoms with Crippen molar-refractivity contribution in [3.8, 4) is 0 Å². The summed E-state index contributed by atoms with van der Waals surface area (Å²) in [5.41, 5.74) is 0. The second-order valence-corrected chi connectivity index (χ2v) is 4.68. The van der Waals surface area contributed by atoms with Crippen LogP contribution in [0.3, 0.4) is 0 Å². The van der Waals surface area contributed by atoms with Crippen molar-refractivity contribution in [2.45, 2.75) is 38.8 Å². The fraction of sp³-hybridized carbons (Fsp3) is 1.00. The van der Waals surface area contributed by atoms with Crippen molar-refractivity contribution in [3.05, 3.63) is 0 Å². The van der Waals surface area contributed by atoms with Crippen LogP contribution in [-0.4, -0.2) is 42.1 Å². The van der Waals surface area contributed by atoms with Crippen molar-refractivity contribution in [3.63, 3.8) is 0 Å². The molecule has 1 aliphatic rings. The highest BCUT2D eigenvalue weighted by Crippen LogP contribution is 2.15. The molecule has 0 amide bonds. The van der Waals surface area contributed by atoms with Crippen molar-refractivity contribution < 1.29 is 4.74 Å². The van der Waals surface area contributed by atoms with Gasteiger partial charge in [-0.05, 0) is 26.7 Å². The van der Waals surface area contributed by atoms with E-state index in [2.05, 4.69) is 34.7 Å². The molecule has 13 heavy (non-hydrogen) atoms. The van der Waals surface area contributed by atoms with Gasteiger partial charge in [0.05, 0.1) is 12.7 Å². The molecule has 0 aliphatic carbocycles. The Morgan fingerprint density at radius 3 is 2.46 bits per heavy atom. The van der Waals surface area contributed by atoms with Gasteiger partial charge in [0.25, 0.3) is 0 Å². The first kappa shape index (κ1) is 11.5. The number of piperidine rings is 1. The highest BCUT2D eigenvalue weighted by Gasteiger charge is 2.20. The first-order chi connectivity index (χ1) is 6.24. The third-order valence-corrected chi connectivity index (χ3v) is 2.96. The van der Waals surface area contributed by atoms with Crippen molar-refractivity contribution in [2.24, 2.45) is 0 Å². The monoisotopic (exact) mass is 249 g/mol. The molecule has 0 saturated carbocycles. The van der Waals surface area contributed by atoms with Gasteiger partial charge in [0, 0.05) is 24.5 Å². The van der Waals surface area contributed by atoms with Gasteiger partial charge in [-0.15, -0.1) is 0 Å². The second-order valence-electron chi connectivity index (χ2n) is 3.89. The van der Waals surface area contributed by atoms with Crippen LogP contribution >= 0.6 is 15.9 Å². The Morgan fingerprint density at radius 1 is 1.38 bits per heavy atom. The third-order valence-electron chi connectivity index (χ3n) is 2.64. The van der Waals surface area contributed by atoms with Gasteiger partial charge in [-0.3, -0.25) is 0 Å². The molecule has 0 aromatic carbocycles. The number of ether oxygens (including phenoxy) is 1. The fourth-order valence-electron chi connectivity index (χ4n) is 1.77. The van der Waals surface area contributed by atoms with Gasteiger partial charge in [-0.2, -0.15) is 0 Å². The Bertz CT molecular complexity index is 133. The van der Waals surface area contributed by atoms with Crippen LogP contribution in [0.1, 0.15) is 26.7 Å². The molecule has 1 saturated heterocycles. The van der Waals surface area contributed by atoms with E-state index in [1.807, 2.05) is 0 Å². The predicted octanol–water partition coefficient (Wildman–Crippen LogP) is 2.27. The van der Waals surface area contributed by atoms with E-state index in [9.17, 15) is 0 Å². The van der Waals surface area contributed by atoms with Gasteiger partial charge in [-0.1, -0.05) is 15.9 Å². The summed E-state index contributed by atoms with van der Waals surface area (Å²) in [5, 5.41) is 0.956. The molecular formula is C10H20BrNO. The topological polar surface area (TPSA) is 12.5 Å². The lowest BCUT2D eigenvalue weighted by molar-refractivity contribution is 0.00913. The maximum Gasteiger partial charge on any atom is 0.0599 e. The van der Waals surface area contributed by atoms with Gasteiger partial charge in [0.2, 0.25) is 0 Å². The van der Waals surface area contributed by atoms with E-state index >= 15 is 0 Å². The Morgan fingerprint density at radius 2 is 2.00 bits per heavy atom. The lowest BCUT2D eigenvalue weighted by Gasteiger charge is -2.34. The lowest BCUT2D eigenvalue weighted by Crippen LogP contribution is -2.41. The number of halogens is 1. The van der Waals surface area contributed by atoms with E-state index in [0.29, 0.717) is 12.1 Å². The second kappa shape index (κ2) is 5.99. The van der Waals surface area contributed by atoms with Crippen LogP contribution in [-0.2, 0) is 4.74 Å². The smallest absolute Gasteiger partial charge is 0.0599 e. The van der Waals surface area contributed by atoms with Gasteiger partial charge >= 0.3 is 0 Å². The molecule has 0 unspecified atom stereocenters. The van der Waals surface area contributed by atoms with Crippen LogP contribution < -0.4 is 0 Å². The average Bonchev–Trinajstić information content (AvgIpc) is 2.15. The van der Waals surface area contributed by atoms with Gasteiger partial charge in [-0.25, -0.2) is 0 Å². The quantitative estimate of drug-likeness (QED) is 0.710. The molecule has 3 heteroatoms. The van der Waals surface area contributed by atoms with E-state index in [4.69, 9.17) is 4.74 Å². The largest absolute Gasteiger partial charge is 0.377 e. The van der Waals surface area contributed by atoms with Crippen LogP contribution in [0.2, 0.25) is 0 Å². The van der Waals surface area contributed by atoms with Crippen molar-refractivity contribution in [1.29, 1.82) is 0 Å². The fourth-order valence-corrected chi connectivity index (χ4v) is 1.96. The van der Waals surface area contributed by atoms with Crippen LogP contribution in [0.15, 0.2) is 0 Å². The zero-order valence-electron chi connectivity index (χ0n) is 8.63. The van der Waals surface area contributed by atoms with Crippen LogP contribution in [0, 0.1) is 0 Å². The minimum absolute atomic E-state index is 0.507. The first-order valence-corrected chi connectivity index (χ1v) is 6.27. The number of alkyl halides is 1. The van der Waals surface area contributed by atoms with Crippen LogP contribution in [0.5, 0.6) is 0 Å². The molecule has 1 rings (SSSR count). The van der Waals surface area contributed by atoms with E-state index < -0.39 is 0 Å². The van der Waals surface area contributed by atoms with Gasteiger partial charge < -0.3 is 9.64 Å². The van der Waals surface area contributed by atoms with Gasteiger partial charge in [0.1, 0.15) is 0 Å². The normalized spacial score (nSPS) is 21.2. The third kappa shape index (κ3) is 3.96. The molecular weight excluding hydrogens is 230 g/mol. The molecule has 0 N–H and O–H groups in total. The van der Waals surface area contributed by atoms with E-state index in [-0.39, 0.29) is 0 Å². The summed E-state index contributed by atoms with van der Waals surface area (Å²) in [6, 6.07) is 0.692. The molecule has 2 nitrogen and oxygen atoms in total. The maximum atomic E-state index is 5.69. The summed E-state index contributed by atoms with van der Waals surface area (Å²) in [6.45, 7) is 7.78. The molecule has 1 aliphatic heterocycles. The van der Waals surface area contributed by atoms with Crippen molar-refractivity contribution in [2.75, 3.05) is 25.0 Å². The maximum absolute atomic E-state index is 5.69. The van der Waals surface area contributed by atoms with Crippen LogP contribution in [0.25, 0.3) is 0 Å². The average molecular weight is 250 g/mol. The summed E-state index contributed by atoms with van der Waals surface area (Å²) in [4.78, 5) is 2.52. The summed E-state index contributed by atoms with van der Waals surface area (Å²) < 4.78 is 5.69. The lowest BCUT2D eigenvalue weighted by atomic mass is 10.1. The van der Waals surface area contributed by atoms with E-state index in [1.165, 1.54) is 25.9 Å². The van der Waals surface area contributed by atoms with Gasteiger partial charge in [0.15, 0.2) is 0 Å². The molecule has 0 aromatic rings. The number of hydrogen-bond acceptors (Lipinski definition) is 2. The van der Waals surface area contributed by atoms with E-state index in [0.717, 1.165) is 11.9 Å². The molecule has 1 heterocycles. The zero-order valence-corrected chi connectivity index (χ0v) is 10.2. The highest BCUT2D eigenvalue weighted by molar-refractivity contribution is 9.09. The Hall–Kier alpha value is 0.400. The SMILES string of the molecule is CC(C)N1CCC(OCCBr)CC1. The van der Waals surface area contributed by atoms with Crippen molar-refractivity contribution >= 4 is 15.9 Å². The molecule has 0 atom stereocenters. The summed E-state index contributed by atoms with van der Waals surface area (Å²) in [5.74, 6) is 0. The zero-order chi connectivity index (χ0) is 9.68. The number of rotatable bonds is 4. The molecule has 0 aromatic heterocycles. The first-order valence-electron chi connectivity index (χ1n) is 5.15. The minimum Gasteiger partial charge on any atom is -0.377 e. The minimum atomic E-state index is 0.507. The number of hydrogen-bond donors (Lipinski definition) is 0. The Kier molecular flexibility index (Phi) is 5.29. The van der Waals surface area contributed by atoms with E-state index in [1.54, 1.807) is 0 Å². The van der Waals surface area contributed by atoms with Crippen molar-refractivity contribution in [1.82, 2.24) is 4.90 Å².